The molecule has 0 radical (unpaired) electrons. The van der Waals surface area contributed by atoms with Crippen LogP contribution in [0.1, 0.15) is 13.3 Å². The molecule has 74 valence electrons. The zero-order valence-electron chi connectivity index (χ0n) is 7.49. The van der Waals surface area contributed by atoms with E-state index >= 15 is 0 Å². The van der Waals surface area contributed by atoms with Gasteiger partial charge in [0.2, 0.25) is 0 Å². The number of aliphatic hydroxyl groups excluding tert-OH is 2. The normalized spacial score (nSPS) is 12.0. The smallest absolute Gasteiger partial charge is 0.0566 e. The van der Waals surface area contributed by atoms with Gasteiger partial charge in [-0.3, -0.25) is 0 Å². The van der Waals surface area contributed by atoms with Gasteiger partial charge >= 0.3 is 0 Å². The van der Waals surface area contributed by atoms with E-state index < -0.39 is 5.41 Å². The third-order valence-electron chi connectivity index (χ3n) is 2.06. The summed E-state index contributed by atoms with van der Waals surface area (Å²) in [5.74, 6) is 0.663. The number of ether oxygens (including phenoxy) is 1. The van der Waals surface area contributed by atoms with E-state index in [1.807, 2.05) is 6.92 Å². The molecular weight excluding hydrogens is 176 g/mol. The van der Waals surface area contributed by atoms with Crippen LogP contribution < -0.4 is 0 Å². The zero-order valence-corrected chi connectivity index (χ0v) is 8.39. The molecule has 0 heterocycles. The van der Waals surface area contributed by atoms with Gasteiger partial charge in [-0.2, -0.15) is 12.6 Å². The van der Waals surface area contributed by atoms with E-state index in [0.29, 0.717) is 25.4 Å². The zero-order chi connectivity index (χ0) is 9.45. The molecule has 0 aromatic carbocycles. The molecule has 0 fully saturated rings. The summed E-state index contributed by atoms with van der Waals surface area (Å²) in [5, 5.41) is 18.0. The summed E-state index contributed by atoms with van der Waals surface area (Å²) in [4.78, 5) is 0. The molecule has 4 heteroatoms. The van der Waals surface area contributed by atoms with Crippen molar-refractivity contribution < 1.29 is 14.9 Å². The van der Waals surface area contributed by atoms with Gasteiger partial charge in [-0.1, -0.05) is 6.92 Å². The van der Waals surface area contributed by atoms with Crippen LogP contribution in [0.5, 0.6) is 0 Å². The Balaban J connectivity index is 3.76. The molecule has 0 spiro atoms. The Kier molecular flexibility index (Phi) is 6.84. The highest BCUT2D eigenvalue weighted by Gasteiger charge is 2.26. The maximum atomic E-state index is 9.02. The van der Waals surface area contributed by atoms with Crippen LogP contribution in [0.4, 0.5) is 0 Å². The summed E-state index contributed by atoms with van der Waals surface area (Å²) in [7, 11) is 0. The summed E-state index contributed by atoms with van der Waals surface area (Å²) in [6.07, 6.45) is 0.715. The molecule has 12 heavy (non-hydrogen) atoms. The number of aliphatic hydroxyl groups is 2. The molecule has 2 N–H and O–H groups in total. The quantitative estimate of drug-likeness (QED) is 0.404. The molecule has 0 aliphatic rings. The number of rotatable bonds is 7. The van der Waals surface area contributed by atoms with Gasteiger partial charge in [-0.05, 0) is 6.42 Å². The third kappa shape index (κ3) is 3.76. The molecule has 0 saturated carbocycles. The summed E-state index contributed by atoms with van der Waals surface area (Å²) in [6, 6.07) is 0. The first kappa shape index (κ1) is 12.2. The van der Waals surface area contributed by atoms with Crippen molar-refractivity contribution in [2.45, 2.75) is 13.3 Å². The van der Waals surface area contributed by atoms with Crippen molar-refractivity contribution in [3.05, 3.63) is 0 Å². The van der Waals surface area contributed by atoms with Crippen molar-refractivity contribution in [3.63, 3.8) is 0 Å². The highest BCUT2D eigenvalue weighted by atomic mass is 32.1. The molecule has 0 aliphatic heterocycles. The Hall–Kier alpha value is 0.230. The van der Waals surface area contributed by atoms with Crippen LogP contribution in [0, 0.1) is 5.41 Å². The van der Waals surface area contributed by atoms with Crippen molar-refractivity contribution in [3.8, 4) is 0 Å². The van der Waals surface area contributed by atoms with Gasteiger partial charge < -0.3 is 14.9 Å². The molecule has 0 saturated heterocycles. The van der Waals surface area contributed by atoms with E-state index in [2.05, 4.69) is 12.6 Å². The topological polar surface area (TPSA) is 49.7 Å². The van der Waals surface area contributed by atoms with E-state index in [4.69, 9.17) is 14.9 Å². The van der Waals surface area contributed by atoms with Crippen LogP contribution in [0.25, 0.3) is 0 Å². The van der Waals surface area contributed by atoms with Gasteiger partial charge in [0, 0.05) is 11.2 Å². The van der Waals surface area contributed by atoms with Crippen molar-refractivity contribution in [2.24, 2.45) is 5.41 Å². The fourth-order valence-electron chi connectivity index (χ4n) is 0.820. The second kappa shape index (κ2) is 6.71. The van der Waals surface area contributed by atoms with Crippen LogP contribution in [-0.2, 0) is 4.74 Å². The van der Waals surface area contributed by atoms with Gasteiger partial charge in [0.1, 0.15) is 0 Å². The molecule has 0 atom stereocenters. The van der Waals surface area contributed by atoms with Crippen LogP contribution in [0.2, 0.25) is 0 Å². The largest absolute Gasteiger partial charge is 0.396 e. The maximum Gasteiger partial charge on any atom is 0.0566 e. The molecule has 0 unspecified atom stereocenters. The predicted octanol–water partition coefficient (Wildman–Crippen LogP) is 0.314. The van der Waals surface area contributed by atoms with Crippen LogP contribution in [-0.4, -0.2) is 42.4 Å². The van der Waals surface area contributed by atoms with Gasteiger partial charge in [-0.25, -0.2) is 0 Å². The molecular formula is C8H18O3S. The van der Waals surface area contributed by atoms with Crippen molar-refractivity contribution in [1.82, 2.24) is 0 Å². The SMILES string of the molecule is CCC(CO)(CO)COCCS. The summed E-state index contributed by atoms with van der Waals surface area (Å²) in [5.41, 5.74) is -0.469. The Bertz CT molecular complexity index is 96.2. The fraction of sp³-hybridized carbons (Fsp3) is 1.00. The molecule has 0 amide bonds. The lowest BCUT2D eigenvalue weighted by atomic mass is 9.88. The van der Waals surface area contributed by atoms with Crippen LogP contribution >= 0.6 is 12.6 Å². The Morgan fingerprint density at radius 2 is 1.92 bits per heavy atom. The molecule has 0 aromatic rings. The standard InChI is InChI=1S/C8H18O3S/c1-2-8(5-9,6-10)7-11-3-4-12/h9-10,12H,2-7H2,1H3. The van der Waals surface area contributed by atoms with E-state index in [-0.39, 0.29) is 13.2 Å². The highest BCUT2D eigenvalue weighted by molar-refractivity contribution is 7.80. The summed E-state index contributed by atoms with van der Waals surface area (Å²) >= 11 is 3.99. The minimum absolute atomic E-state index is 0.0351. The van der Waals surface area contributed by atoms with Gasteiger partial charge in [0.15, 0.2) is 0 Å². The van der Waals surface area contributed by atoms with Gasteiger partial charge in [0.25, 0.3) is 0 Å². The Labute approximate surface area is 79.2 Å². The maximum absolute atomic E-state index is 9.02. The summed E-state index contributed by atoms with van der Waals surface area (Å²) < 4.78 is 5.22. The Morgan fingerprint density at radius 3 is 2.25 bits per heavy atom. The lowest BCUT2D eigenvalue weighted by molar-refractivity contribution is -0.0258. The first-order valence-electron chi connectivity index (χ1n) is 4.15. The van der Waals surface area contributed by atoms with Gasteiger partial charge in [-0.15, -0.1) is 0 Å². The Morgan fingerprint density at radius 1 is 1.33 bits per heavy atom. The molecule has 3 nitrogen and oxygen atoms in total. The average Bonchev–Trinajstić information content (AvgIpc) is 2.14. The average molecular weight is 194 g/mol. The molecule has 0 aliphatic carbocycles. The lowest BCUT2D eigenvalue weighted by Gasteiger charge is -2.27. The molecule has 0 aromatic heterocycles. The second-order valence-electron chi connectivity index (χ2n) is 2.95. The minimum atomic E-state index is -0.469. The van der Waals surface area contributed by atoms with Crippen LogP contribution in [0.15, 0.2) is 0 Å². The molecule has 0 bridgehead atoms. The van der Waals surface area contributed by atoms with E-state index in [9.17, 15) is 0 Å². The lowest BCUT2D eigenvalue weighted by Crippen LogP contribution is -2.34. The molecule has 0 rings (SSSR count). The second-order valence-corrected chi connectivity index (χ2v) is 3.39. The fourth-order valence-corrected chi connectivity index (χ4v) is 0.949. The van der Waals surface area contributed by atoms with Gasteiger partial charge in [0.05, 0.1) is 26.4 Å². The first-order valence-corrected chi connectivity index (χ1v) is 4.78. The van der Waals surface area contributed by atoms with Crippen molar-refractivity contribution in [2.75, 3.05) is 32.2 Å². The minimum Gasteiger partial charge on any atom is -0.396 e. The van der Waals surface area contributed by atoms with E-state index in [1.165, 1.54) is 0 Å². The number of thiol groups is 1. The van der Waals surface area contributed by atoms with E-state index in [1.54, 1.807) is 0 Å². The monoisotopic (exact) mass is 194 g/mol. The van der Waals surface area contributed by atoms with Crippen molar-refractivity contribution in [1.29, 1.82) is 0 Å². The summed E-state index contributed by atoms with van der Waals surface area (Å²) in [6.45, 7) is 2.82. The van der Waals surface area contributed by atoms with Crippen molar-refractivity contribution >= 4 is 12.6 Å². The number of hydrogen-bond donors (Lipinski definition) is 3. The highest BCUT2D eigenvalue weighted by Crippen LogP contribution is 2.20. The number of hydrogen-bond acceptors (Lipinski definition) is 4. The predicted molar refractivity (Wildman–Crippen MR) is 51.6 cm³/mol. The van der Waals surface area contributed by atoms with Crippen LogP contribution in [0.3, 0.4) is 0 Å². The van der Waals surface area contributed by atoms with E-state index in [0.717, 1.165) is 0 Å². The third-order valence-corrected chi connectivity index (χ3v) is 2.25. The first-order chi connectivity index (χ1) is 5.74.